The molecule has 210 valence electrons. The number of hydrogen-bond acceptors (Lipinski definition) is 1. The van der Waals surface area contributed by atoms with Gasteiger partial charge in [-0.25, -0.2) is 0 Å². The predicted octanol–water partition coefficient (Wildman–Crippen LogP) is 12.6. The highest BCUT2D eigenvalue weighted by Gasteiger charge is 2.21. The van der Waals surface area contributed by atoms with Crippen LogP contribution < -0.4 is 0 Å². The zero-order valence-electron chi connectivity index (χ0n) is 26.4. The van der Waals surface area contributed by atoms with Crippen LogP contribution in [0.2, 0.25) is 0 Å². The van der Waals surface area contributed by atoms with Crippen molar-refractivity contribution in [3.8, 4) is 44.5 Å². The Labute approximate surface area is 264 Å². The van der Waals surface area contributed by atoms with Gasteiger partial charge in [0.2, 0.25) is 0 Å². The van der Waals surface area contributed by atoms with Crippen molar-refractivity contribution in [3.63, 3.8) is 0 Å². The van der Waals surface area contributed by atoms with E-state index < -0.39 is 0 Å². The Morgan fingerprint density at radius 2 is 0.867 bits per heavy atom. The van der Waals surface area contributed by atoms with Crippen LogP contribution in [0.15, 0.2) is 174 Å². The summed E-state index contributed by atoms with van der Waals surface area (Å²) in [6, 6.07) is 55.4. The van der Waals surface area contributed by atoms with E-state index in [0.717, 1.165) is 55.3 Å². The molecule has 9 aromatic rings. The summed E-state index contributed by atoms with van der Waals surface area (Å²) in [6.07, 6.45) is 0. The molecule has 1 aromatic heterocycles. The highest BCUT2D eigenvalue weighted by atomic mass is 16.3. The molecular formula is C44H28O. The lowest BCUT2D eigenvalue weighted by Gasteiger charge is -2.19. The van der Waals surface area contributed by atoms with Gasteiger partial charge in [-0.15, -0.1) is 0 Å². The van der Waals surface area contributed by atoms with Crippen molar-refractivity contribution in [1.82, 2.24) is 0 Å². The van der Waals surface area contributed by atoms with E-state index in [4.69, 9.17) is 7.16 Å². The highest BCUT2D eigenvalue weighted by molar-refractivity contribution is 6.26. The molecule has 8 aromatic carbocycles. The van der Waals surface area contributed by atoms with Crippen LogP contribution in [-0.4, -0.2) is 0 Å². The fourth-order valence-electron chi connectivity index (χ4n) is 6.96. The van der Waals surface area contributed by atoms with Gasteiger partial charge < -0.3 is 4.42 Å². The number of hydrogen-bond donors (Lipinski definition) is 0. The molecule has 0 aliphatic rings. The van der Waals surface area contributed by atoms with Crippen molar-refractivity contribution in [1.29, 1.82) is 0 Å². The van der Waals surface area contributed by atoms with Crippen molar-refractivity contribution in [2.45, 2.75) is 0 Å². The Kier molecular flexibility index (Phi) is 5.42. The summed E-state index contributed by atoms with van der Waals surface area (Å²) in [5.74, 6) is 0. The van der Waals surface area contributed by atoms with Crippen LogP contribution in [0.4, 0.5) is 0 Å². The van der Waals surface area contributed by atoms with E-state index in [2.05, 4.69) is 97.1 Å². The van der Waals surface area contributed by atoms with Crippen LogP contribution in [-0.2, 0) is 0 Å². The molecule has 0 aliphatic heterocycles. The number of benzene rings is 8. The molecule has 9 rings (SSSR count). The lowest BCUT2D eigenvalue weighted by molar-refractivity contribution is 0.669. The van der Waals surface area contributed by atoms with E-state index in [0.29, 0.717) is 12.1 Å². The van der Waals surface area contributed by atoms with Gasteiger partial charge in [0, 0.05) is 10.8 Å². The van der Waals surface area contributed by atoms with Crippen LogP contribution in [0.25, 0.3) is 88.0 Å². The maximum absolute atomic E-state index is 8.05. The molecule has 0 N–H and O–H groups in total. The summed E-state index contributed by atoms with van der Waals surface area (Å²) in [7, 11) is 0. The van der Waals surface area contributed by atoms with Gasteiger partial charge in [-0.1, -0.05) is 146 Å². The van der Waals surface area contributed by atoms with Crippen LogP contribution >= 0.6 is 0 Å². The van der Waals surface area contributed by atoms with E-state index in [1.54, 1.807) is 0 Å². The number of furan rings is 1. The van der Waals surface area contributed by atoms with Crippen LogP contribution in [0.5, 0.6) is 0 Å². The number of fused-ring (bicyclic) bond motifs is 5. The first-order chi connectivity index (χ1) is 23.1. The lowest BCUT2D eigenvalue weighted by Crippen LogP contribution is -1.92. The second kappa shape index (κ2) is 10.4. The highest BCUT2D eigenvalue weighted by Crippen LogP contribution is 2.48. The average molecular weight is 575 g/mol. The molecule has 45 heavy (non-hydrogen) atoms. The molecule has 0 aliphatic carbocycles. The summed E-state index contributed by atoms with van der Waals surface area (Å²) in [5, 5.41) is 6.92. The van der Waals surface area contributed by atoms with Gasteiger partial charge in [0.05, 0.1) is 2.74 Å². The first-order valence-corrected chi connectivity index (χ1v) is 15.3. The van der Waals surface area contributed by atoms with Crippen LogP contribution in [0, 0.1) is 0 Å². The number of para-hydroxylation sites is 1. The van der Waals surface area contributed by atoms with Crippen molar-refractivity contribution in [2.24, 2.45) is 0 Å². The maximum Gasteiger partial charge on any atom is 0.136 e. The molecule has 1 nitrogen and oxygen atoms in total. The molecule has 0 atom stereocenters. The fourth-order valence-corrected chi connectivity index (χ4v) is 6.96. The monoisotopic (exact) mass is 574 g/mol. The zero-order chi connectivity index (χ0) is 31.5. The van der Waals surface area contributed by atoms with E-state index >= 15 is 0 Å². The van der Waals surface area contributed by atoms with Crippen LogP contribution in [0.1, 0.15) is 2.74 Å². The molecular weight excluding hydrogens is 544 g/mol. The summed E-state index contributed by atoms with van der Waals surface area (Å²) in [4.78, 5) is 0. The van der Waals surface area contributed by atoms with Gasteiger partial charge in [0.25, 0.3) is 0 Å². The molecule has 0 saturated heterocycles. The third kappa shape index (κ3) is 4.17. The molecule has 0 bridgehead atoms. The Balaban J connectivity index is 1.39. The SMILES string of the molecule is [2H]c1ccc(-c2cccc(-c3c4ccccc4c(-c4cc(-c5ccc([2H])cc5)cc5oc6ccccc6c45)c4ccccc34)c2)cc1. The van der Waals surface area contributed by atoms with Crippen molar-refractivity contribution < 1.29 is 7.16 Å². The summed E-state index contributed by atoms with van der Waals surface area (Å²) in [5.41, 5.74) is 10.7. The Morgan fingerprint density at radius 3 is 1.51 bits per heavy atom. The first kappa shape index (κ1) is 23.5. The van der Waals surface area contributed by atoms with Gasteiger partial charge in [0.15, 0.2) is 0 Å². The molecule has 0 fully saturated rings. The van der Waals surface area contributed by atoms with E-state index in [1.807, 2.05) is 60.7 Å². The van der Waals surface area contributed by atoms with E-state index in [9.17, 15) is 0 Å². The minimum Gasteiger partial charge on any atom is -0.456 e. The Hall–Kier alpha value is -5.92. The van der Waals surface area contributed by atoms with Crippen molar-refractivity contribution >= 4 is 43.5 Å². The normalized spacial score (nSPS) is 12.2. The quantitative estimate of drug-likeness (QED) is 0.191. The van der Waals surface area contributed by atoms with Crippen molar-refractivity contribution in [3.05, 3.63) is 170 Å². The molecule has 1 heterocycles. The summed E-state index contributed by atoms with van der Waals surface area (Å²) >= 11 is 0. The van der Waals surface area contributed by atoms with Gasteiger partial charge in [0.1, 0.15) is 11.2 Å². The summed E-state index contributed by atoms with van der Waals surface area (Å²) < 4.78 is 22.5. The fraction of sp³-hybridized carbons (Fsp3) is 0. The minimum atomic E-state index is 0.490. The smallest absolute Gasteiger partial charge is 0.136 e. The standard InChI is InChI=1S/C44H28O/c1-3-14-29(15-4-1)31-18-13-19-32(26-31)42-34-20-7-9-22-36(34)43(37-23-10-8-21-35(37)42)39-27-33(30-16-5-2-6-17-30)28-41-44(39)38-24-11-12-25-40(38)45-41/h1-28H/i1D,2D. The average Bonchev–Trinajstić information content (AvgIpc) is 3.50. The second-order valence-electron chi connectivity index (χ2n) is 11.5. The third-order valence-corrected chi connectivity index (χ3v) is 8.93. The Bertz CT molecular complexity index is 2570. The van der Waals surface area contributed by atoms with Gasteiger partial charge in [-0.05, 0) is 90.3 Å². The van der Waals surface area contributed by atoms with Gasteiger partial charge in [-0.3, -0.25) is 0 Å². The topological polar surface area (TPSA) is 13.1 Å². The largest absolute Gasteiger partial charge is 0.456 e. The first-order valence-electron chi connectivity index (χ1n) is 16.3. The predicted molar refractivity (Wildman–Crippen MR) is 190 cm³/mol. The molecule has 0 radical (unpaired) electrons. The molecule has 0 saturated carbocycles. The second-order valence-corrected chi connectivity index (χ2v) is 11.5. The Morgan fingerprint density at radius 1 is 0.356 bits per heavy atom. The summed E-state index contributed by atoms with van der Waals surface area (Å²) in [6.45, 7) is 0. The van der Waals surface area contributed by atoms with Crippen molar-refractivity contribution in [2.75, 3.05) is 0 Å². The lowest BCUT2D eigenvalue weighted by atomic mass is 9.83. The third-order valence-electron chi connectivity index (χ3n) is 8.93. The van der Waals surface area contributed by atoms with E-state index in [-0.39, 0.29) is 0 Å². The van der Waals surface area contributed by atoms with Gasteiger partial charge in [-0.2, -0.15) is 0 Å². The van der Waals surface area contributed by atoms with E-state index in [1.165, 1.54) is 32.7 Å². The minimum absolute atomic E-state index is 0.490. The molecule has 0 unspecified atom stereocenters. The van der Waals surface area contributed by atoms with Crippen LogP contribution in [0.3, 0.4) is 0 Å². The number of rotatable bonds is 4. The maximum atomic E-state index is 8.05. The molecule has 0 amide bonds. The molecule has 1 heteroatoms. The zero-order valence-corrected chi connectivity index (χ0v) is 24.4. The molecule has 0 spiro atoms. The van der Waals surface area contributed by atoms with Gasteiger partial charge >= 0.3 is 0 Å².